The van der Waals surface area contributed by atoms with Crippen LogP contribution in [-0.4, -0.2) is 66.9 Å². The van der Waals surface area contributed by atoms with Crippen LogP contribution in [0.4, 0.5) is 22.0 Å². The van der Waals surface area contributed by atoms with E-state index in [1.54, 1.807) is 30.5 Å². The minimum atomic E-state index is -0.276. The molecule has 2 saturated heterocycles. The number of anilines is 3. The van der Waals surface area contributed by atoms with Gasteiger partial charge in [-0.2, -0.15) is 10.2 Å². The van der Waals surface area contributed by atoms with E-state index in [9.17, 15) is 9.65 Å². The van der Waals surface area contributed by atoms with Crippen molar-refractivity contribution in [2.45, 2.75) is 13.0 Å². The molecule has 1 aromatic carbocycles. The molecule has 174 valence electrons. The normalized spacial score (nSPS) is 18.6. The number of benzene rings is 1. The van der Waals surface area contributed by atoms with Gasteiger partial charge in [-0.1, -0.05) is 0 Å². The van der Waals surface area contributed by atoms with Crippen molar-refractivity contribution in [2.24, 2.45) is 0 Å². The molecule has 1 unspecified atom stereocenters. The number of ether oxygens (including phenoxy) is 1. The Bertz CT molecular complexity index is 1190. The number of rotatable bonds is 4. The molecule has 2 fully saturated rings. The molecular weight excluding hydrogens is 433 g/mol. The second-order valence-electron chi connectivity index (χ2n) is 8.49. The zero-order valence-corrected chi connectivity index (χ0v) is 19.1. The maximum absolute atomic E-state index is 13.5. The fraction of sp³-hybridized carbons (Fsp3) is 0.360. The molecule has 2 aliphatic heterocycles. The zero-order valence-electron chi connectivity index (χ0n) is 19.1. The topological polar surface area (TPSA) is 81.4 Å². The molecule has 0 spiro atoms. The molecule has 2 aliphatic rings. The van der Waals surface area contributed by atoms with Crippen molar-refractivity contribution < 1.29 is 9.13 Å². The lowest BCUT2D eigenvalue weighted by molar-refractivity contribution is 0.122. The highest BCUT2D eigenvalue weighted by Gasteiger charge is 2.28. The van der Waals surface area contributed by atoms with Crippen LogP contribution in [-0.2, 0) is 4.74 Å². The van der Waals surface area contributed by atoms with Gasteiger partial charge in [-0.25, -0.2) is 14.4 Å². The Kier molecular flexibility index (Phi) is 6.23. The number of morpholine rings is 1. The SMILES string of the molecule is CC1CN(c2ncccc2C#N)CCN1c1cc(-c2ccc(F)cc2)nc(N2CCOCC2)n1. The second-order valence-corrected chi connectivity index (χ2v) is 8.49. The first-order valence-electron chi connectivity index (χ1n) is 11.5. The summed E-state index contributed by atoms with van der Waals surface area (Å²) in [4.78, 5) is 20.8. The van der Waals surface area contributed by atoms with Crippen molar-refractivity contribution in [3.63, 3.8) is 0 Å². The van der Waals surface area contributed by atoms with E-state index in [2.05, 4.69) is 32.7 Å². The summed E-state index contributed by atoms with van der Waals surface area (Å²) in [5, 5.41) is 9.47. The van der Waals surface area contributed by atoms with E-state index in [0.717, 1.165) is 49.1 Å². The Balaban J connectivity index is 1.46. The van der Waals surface area contributed by atoms with Gasteiger partial charge in [0.25, 0.3) is 0 Å². The molecule has 8 nitrogen and oxygen atoms in total. The first kappa shape index (κ1) is 22.0. The van der Waals surface area contributed by atoms with Crippen LogP contribution in [0.2, 0.25) is 0 Å². The van der Waals surface area contributed by atoms with E-state index in [-0.39, 0.29) is 11.9 Å². The summed E-state index contributed by atoms with van der Waals surface area (Å²) in [7, 11) is 0. The van der Waals surface area contributed by atoms with Crippen LogP contribution in [0.1, 0.15) is 12.5 Å². The third kappa shape index (κ3) is 4.50. The van der Waals surface area contributed by atoms with Gasteiger partial charge in [0.15, 0.2) is 0 Å². The highest BCUT2D eigenvalue weighted by molar-refractivity contribution is 5.66. The largest absolute Gasteiger partial charge is 0.378 e. The van der Waals surface area contributed by atoms with Crippen LogP contribution >= 0.6 is 0 Å². The summed E-state index contributed by atoms with van der Waals surface area (Å²) in [6.07, 6.45) is 1.72. The summed E-state index contributed by atoms with van der Waals surface area (Å²) in [5.41, 5.74) is 2.19. The number of hydrogen-bond acceptors (Lipinski definition) is 8. The number of nitrogens with zero attached hydrogens (tertiary/aromatic N) is 7. The van der Waals surface area contributed by atoms with Crippen molar-refractivity contribution in [3.05, 3.63) is 60.0 Å². The van der Waals surface area contributed by atoms with Crippen LogP contribution in [0.3, 0.4) is 0 Å². The summed E-state index contributed by atoms with van der Waals surface area (Å²) in [5.74, 6) is 1.94. The summed E-state index contributed by atoms with van der Waals surface area (Å²) < 4.78 is 19.0. The summed E-state index contributed by atoms with van der Waals surface area (Å²) in [6.45, 7) is 7.05. The smallest absolute Gasteiger partial charge is 0.228 e. The van der Waals surface area contributed by atoms with E-state index in [1.165, 1.54) is 12.1 Å². The molecule has 9 heteroatoms. The third-order valence-corrected chi connectivity index (χ3v) is 6.26. The molecule has 0 amide bonds. The Morgan fingerprint density at radius 1 is 1.03 bits per heavy atom. The first-order valence-corrected chi connectivity index (χ1v) is 11.5. The number of hydrogen-bond donors (Lipinski definition) is 0. The fourth-order valence-electron chi connectivity index (χ4n) is 4.47. The molecular formula is C25H26FN7O. The quantitative estimate of drug-likeness (QED) is 0.589. The molecule has 1 atom stereocenters. The highest BCUT2D eigenvalue weighted by atomic mass is 19.1. The predicted octanol–water partition coefficient (Wildman–Crippen LogP) is 3.10. The van der Waals surface area contributed by atoms with E-state index in [4.69, 9.17) is 14.7 Å². The van der Waals surface area contributed by atoms with E-state index >= 15 is 0 Å². The third-order valence-electron chi connectivity index (χ3n) is 6.26. The van der Waals surface area contributed by atoms with Crippen molar-refractivity contribution in [2.75, 3.05) is 60.6 Å². The monoisotopic (exact) mass is 459 g/mol. The Morgan fingerprint density at radius 3 is 2.56 bits per heavy atom. The standard InChI is InChI=1S/C25H26FN7O/c1-18-17-32(24-20(16-27)3-2-8-28-24)9-10-33(18)23-15-22(19-4-6-21(26)7-5-19)29-25(30-23)31-11-13-34-14-12-31/h2-8,15,18H,9-14,17H2,1H3. The van der Waals surface area contributed by atoms with Gasteiger partial charge in [-0.15, -0.1) is 0 Å². The molecule has 5 rings (SSSR count). The van der Waals surface area contributed by atoms with Gasteiger partial charge >= 0.3 is 0 Å². The number of piperazine rings is 1. The maximum atomic E-state index is 13.5. The van der Waals surface area contributed by atoms with Gasteiger partial charge in [-0.05, 0) is 43.3 Å². The number of halogens is 1. The maximum Gasteiger partial charge on any atom is 0.228 e. The minimum absolute atomic E-state index is 0.135. The van der Waals surface area contributed by atoms with Crippen molar-refractivity contribution in [1.29, 1.82) is 5.26 Å². The average Bonchev–Trinajstić information content (AvgIpc) is 2.89. The summed E-state index contributed by atoms with van der Waals surface area (Å²) in [6, 6.07) is 14.3. The lowest BCUT2D eigenvalue weighted by Gasteiger charge is -2.41. The van der Waals surface area contributed by atoms with Gasteiger partial charge in [0.05, 0.1) is 24.5 Å². The van der Waals surface area contributed by atoms with Crippen LogP contribution in [0.15, 0.2) is 48.7 Å². The molecule has 4 heterocycles. The van der Waals surface area contributed by atoms with Gasteiger partial charge in [0.2, 0.25) is 5.95 Å². The average molecular weight is 460 g/mol. The van der Waals surface area contributed by atoms with Crippen LogP contribution < -0.4 is 14.7 Å². The highest BCUT2D eigenvalue weighted by Crippen LogP contribution is 2.29. The van der Waals surface area contributed by atoms with Crippen LogP contribution in [0.5, 0.6) is 0 Å². The van der Waals surface area contributed by atoms with Gasteiger partial charge in [0, 0.05) is 56.6 Å². The van der Waals surface area contributed by atoms with Crippen molar-refractivity contribution >= 4 is 17.6 Å². The molecule has 34 heavy (non-hydrogen) atoms. The van der Waals surface area contributed by atoms with Crippen molar-refractivity contribution in [3.8, 4) is 17.3 Å². The van der Waals surface area contributed by atoms with Gasteiger partial charge < -0.3 is 19.4 Å². The molecule has 0 radical (unpaired) electrons. The lowest BCUT2D eigenvalue weighted by Crippen LogP contribution is -2.53. The van der Waals surface area contributed by atoms with E-state index in [0.29, 0.717) is 31.3 Å². The summed E-state index contributed by atoms with van der Waals surface area (Å²) >= 11 is 0. The molecule has 0 bridgehead atoms. The van der Waals surface area contributed by atoms with E-state index in [1.807, 2.05) is 6.07 Å². The number of nitriles is 1. The molecule has 3 aromatic rings. The fourth-order valence-corrected chi connectivity index (χ4v) is 4.47. The van der Waals surface area contributed by atoms with Gasteiger partial charge in [0.1, 0.15) is 23.5 Å². The zero-order chi connectivity index (χ0) is 23.5. The second kappa shape index (κ2) is 9.61. The molecule has 0 saturated carbocycles. The minimum Gasteiger partial charge on any atom is -0.378 e. The Morgan fingerprint density at radius 2 is 1.82 bits per heavy atom. The van der Waals surface area contributed by atoms with Gasteiger partial charge in [-0.3, -0.25) is 0 Å². The van der Waals surface area contributed by atoms with Crippen LogP contribution in [0, 0.1) is 17.1 Å². The first-order chi connectivity index (χ1) is 16.6. The van der Waals surface area contributed by atoms with Crippen LogP contribution in [0.25, 0.3) is 11.3 Å². The molecule has 0 aliphatic carbocycles. The van der Waals surface area contributed by atoms with Crippen molar-refractivity contribution in [1.82, 2.24) is 15.0 Å². The molecule has 2 aromatic heterocycles. The lowest BCUT2D eigenvalue weighted by atomic mass is 10.1. The number of aromatic nitrogens is 3. The Labute approximate surface area is 198 Å². The predicted molar refractivity (Wildman–Crippen MR) is 128 cm³/mol. The Hall–Kier alpha value is -3.77. The van der Waals surface area contributed by atoms with E-state index < -0.39 is 0 Å². The number of pyridine rings is 1. The molecule has 0 N–H and O–H groups in total.